The van der Waals surface area contributed by atoms with Gasteiger partial charge in [0.05, 0.1) is 22.6 Å². The SMILES string of the molecule is CS(=O)(=O)c1nc2ccccc2n1CCOc1ccccc1Cl. The minimum Gasteiger partial charge on any atom is -0.490 e. The van der Waals surface area contributed by atoms with Gasteiger partial charge in [0.15, 0.2) is 0 Å². The molecule has 0 saturated carbocycles. The number of ether oxygens (including phenoxy) is 1. The fourth-order valence-corrected chi connectivity index (χ4v) is 3.41. The van der Waals surface area contributed by atoms with Crippen LogP contribution in [0.5, 0.6) is 5.75 Å². The fourth-order valence-electron chi connectivity index (χ4n) is 2.36. The molecule has 3 rings (SSSR count). The van der Waals surface area contributed by atoms with Gasteiger partial charge in [-0.2, -0.15) is 0 Å². The molecule has 1 aromatic heterocycles. The Morgan fingerprint density at radius 1 is 1.13 bits per heavy atom. The molecule has 120 valence electrons. The van der Waals surface area contributed by atoms with Gasteiger partial charge in [0.1, 0.15) is 12.4 Å². The van der Waals surface area contributed by atoms with E-state index in [1.807, 2.05) is 30.3 Å². The van der Waals surface area contributed by atoms with Crippen molar-refractivity contribution in [3.8, 4) is 5.75 Å². The van der Waals surface area contributed by atoms with Crippen molar-refractivity contribution in [3.63, 3.8) is 0 Å². The van der Waals surface area contributed by atoms with Crippen LogP contribution < -0.4 is 4.74 Å². The summed E-state index contributed by atoms with van der Waals surface area (Å²) in [6.07, 6.45) is 1.15. The molecule has 0 N–H and O–H groups in total. The third kappa shape index (κ3) is 3.33. The van der Waals surface area contributed by atoms with Crippen molar-refractivity contribution in [1.29, 1.82) is 0 Å². The maximum Gasteiger partial charge on any atom is 0.228 e. The Kier molecular flexibility index (Phi) is 4.28. The van der Waals surface area contributed by atoms with Crippen molar-refractivity contribution < 1.29 is 13.2 Å². The molecule has 0 radical (unpaired) electrons. The molecule has 0 aliphatic heterocycles. The number of fused-ring (bicyclic) bond motifs is 1. The van der Waals surface area contributed by atoms with Crippen molar-refractivity contribution >= 4 is 32.5 Å². The summed E-state index contributed by atoms with van der Waals surface area (Å²) in [4.78, 5) is 4.22. The molecule has 2 aromatic carbocycles. The van der Waals surface area contributed by atoms with Crippen LogP contribution in [0.2, 0.25) is 5.02 Å². The molecule has 0 amide bonds. The summed E-state index contributed by atoms with van der Waals surface area (Å²) in [5.41, 5.74) is 1.40. The Balaban J connectivity index is 1.89. The fraction of sp³-hybridized carbons (Fsp3) is 0.188. The Labute approximate surface area is 139 Å². The van der Waals surface area contributed by atoms with Gasteiger partial charge >= 0.3 is 0 Å². The van der Waals surface area contributed by atoms with Gasteiger partial charge in [-0.1, -0.05) is 35.9 Å². The average Bonchev–Trinajstić information content (AvgIpc) is 2.88. The summed E-state index contributed by atoms with van der Waals surface area (Å²) in [5.74, 6) is 0.569. The maximum atomic E-state index is 12.0. The quantitative estimate of drug-likeness (QED) is 0.709. The summed E-state index contributed by atoms with van der Waals surface area (Å²) in [7, 11) is -3.43. The predicted molar refractivity (Wildman–Crippen MR) is 89.8 cm³/mol. The van der Waals surface area contributed by atoms with Crippen LogP contribution in [-0.2, 0) is 16.4 Å². The zero-order valence-corrected chi connectivity index (χ0v) is 14.0. The van der Waals surface area contributed by atoms with Crippen molar-refractivity contribution in [2.45, 2.75) is 11.7 Å². The van der Waals surface area contributed by atoms with Gasteiger partial charge in [0.2, 0.25) is 15.0 Å². The lowest BCUT2D eigenvalue weighted by Gasteiger charge is -2.10. The zero-order chi connectivity index (χ0) is 16.4. The highest BCUT2D eigenvalue weighted by atomic mass is 35.5. The topological polar surface area (TPSA) is 61.2 Å². The van der Waals surface area contributed by atoms with Crippen LogP contribution in [0.1, 0.15) is 0 Å². The zero-order valence-electron chi connectivity index (χ0n) is 12.4. The van der Waals surface area contributed by atoms with Crippen LogP contribution in [-0.4, -0.2) is 30.8 Å². The van der Waals surface area contributed by atoms with Crippen molar-refractivity contribution in [2.24, 2.45) is 0 Å². The molecule has 5 nitrogen and oxygen atoms in total. The third-order valence-electron chi connectivity index (χ3n) is 3.36. The van der Waals surface area contributed by atoms with Crippen LogP contribution in [0.15, 0.2) is 53.7 Å². The lowest BCUT2D eigenvalue weighted by molar-refractivity contribution is 0.295. The minimum atomic E-state index is -3.43. The standard InChI is InChI=1S/C16H15ClN2O3S/c1-23(20,21)16-18-13-7-3-4-8-14(13)19(16)10-11-22-15-9-5-2-6-12(15)17/h2-9H,10-11H2,1H3. The Morgan fingerprint density at radius 2 is 1.83 bits per heavy atom. The lowest BCUT2D eigenvalue weighted by Crippen LogP contribution is -2.14. The minimum absolute atomic E-state index is 0.0430. The molecule has 0 unspecified atom stereocenters. The molecular formula is C16H15ClN2O3S. The second-order valence-corrected chi connectivity index (χ2v) is 7.40. The van der Waals surface area contributed by atoms with E-state index in [0.29, 0.717) is 22.8 Å². The molecule has 0 spiro atoms. The first-order chi connectivity index (χ1) is 11.0. The number of benzene rings is 2. The van der Waals surface area contributed by atoms with E-state index in [9.17, 15) is 8.42 Å². The normalized spacial score (nSPS) is 11.7. The number of hydrogen-bond acceptors (Lipinski definition) is 4. The number of hydrogen-bond donors (Lipinski definition) is 0. The van der Waals surface area contributed by atoms with E-state index >= 15 is 0 Å². The highest BCUT2D eigenvalue weighted by Crippen LogP contribution is 2.24. The largest absolute Gasteiger partial charge is 0.490 e. The first-order valence-corrected chi connectivity index (χ1v) is 9.26. The number of sulfone groups is 1. The number of rotatable bonds is 5. The van der Waals surface area contributed by atoms with Crippen LogP contribution in [0.25, 0.3) is 11.0 Å². The maximum absolute atomic E-state index is 12.0. The van der Waals surface area contributed by atoms with E-state index in [4.69, 9.17) is 16.3 Å². The van der Waals surface area contributed by atoms with Gasteiger partial charge in [0.25, 0.3) is 0 Å². The van der Waals surface area contributed by atoms with E-state index < -0.39 is 9.84 Å². The first kappa shape index (κ1) is 15.8. The van der Waals surface area contributed by atoms with Crippen LogP contribution >= 0.6 is 11.6 Å². The van der Waals surface area contributed by atoms with Gasteiger partial charge in [0, 0.05) is 6.26 Å². The summed E-state index contributed by atoms with van der Waals surface area (Å²) in [6, 6.07) is 14.5. The Hall–Kier alpha value is -2.05. The predicted octanol–water partition coefficient (Wildman–Crippen LogP) is 3.17. The molecule has 1 heterocycles. The van der Waals surface area contributed by atoms with E-state index in [1.165, 1.54) is 0 Å². The van der Waals surface area contributed by atoms with Crippen molar-refractivity contribution in [2.75, 3.05) is 12.9 Å². The van der Waals surface area contributed by atoms with E-state index in [1.54, 1.807) is 22.8 Å². The van der Waals surface area contributed by atoms with Gasteiger partial charge in [-0.25, -0.2) is 13.4 Å². The van der Waals surface area contributed by atoms with E-state index in [2.05, 4.69) is 4.98 Å². The monoisotopic (exact) mass is 350 g/mol. The van der Waals surface area contributed by atoms with E-state index in [-0.39, 0.29) is 11.8 Å². The summed E-state index contributed by atoms with van der Waals surface area (Å²) in [5, 5.41) is 0.563. The molecule has 0 aliphatic rings. The molecule has 3 aromatic rings. The smallest absolute Gasteiger partial charge is 0.228 e. The first-order valence-electron chi connectivity index (χ1n) is 6.99. The molecular weight excluding hydrogens is 336 g/mol. The molecule has 0 saturated heterocycles. The van der Waals surface area contributed by atoms with Crippen LogP contribution in [0, 0.1) is 0 Å². The molecule has 0 aliphatic carbocycles. The number of aromatic nitrogens is 2. The number of halogens is 1. The number of nitrogens with zero attached hydrogens (tertiary/aromatic N) is 2. The van der Waals surface area contributed by atoms with Crippen LogP contribution in [0.3, 0.4) is 0 Å². The highest BCUT2D eigenvalue weighted by Gasteiger charge is 2.19. The van der Waals surface area contributed by atoms with Crippen molar-refractivity contribution in [3.05, 3.63) is 53.6 Å². The summed E-state index contributed by atoms with van der Waals surface area (Å²) >= 11 is 6.04. The Bertz CT molecular complexity index is 951. The number of imidazole rings is 1. The van der Waals surface area contributed by atoms with Crippen molar-refractivity contribution in [1.82, 2.24) is 9.55 Å². The summed E-state index contributed by atoms with van der Waals surface area (Å²) < 4.78 is 31.2. The van der Waals surface area contributed by atoms with Gasteiger partial charge < -0.3 is 9.30 Å². The highest BCUT2D eigenvalue weighted by molar-refractivity contribution is 7.90. The molecule has 0 fully saturated rings. The second kappa shape index (κ2) is 6.22. The van der Waals surface area contributed by atoms with Gasteiger partial charge in [-0.15, -0.1) is 0 Å². The van der Waals surface area contributed by atoms with E-state index in [0.717, 1.165) is 11.8 Å². The Morgan fingerprint density at radius 3 is 2.57 bits per heavy atom. The lowest BCUT2D eigenvalue weighted by atomic mass is 10.3. The molecule has 0 bridgehead atoms. The molecule has 0 atom stereocenters. The third-order valence-corrected chi connectivity index (χ3v) is 4.65. The second-order valence-electron chi connectivity index (χ2n) is 5.09. The number of para-hydroxylation sites is 3. The van der Waals surface area contributed by atoms with Gasteiger partial charge in [-0.3, -0.25) is 0 Å². The molecule has 7 heteroatoms. The van der Waals surface area contributed by atoms with Crippen LogP contribution in [0.4, 0.5) is 0 Å². The average molecular weight is 351 g/mol. The summed E-state index contributed by atoms with van der Waals surface area (Å²) in [6.45, 7) is 0.640. The molecule has 23 heavy (non-hydrogen) atoms. The van der Waals surface area contributed by atoms with Gasteiger partial charge in [-0.05, 0) is 24.3 Å².